The first kappa shape index (κ1) is 16.5. The molecule has 0 aliphatic carbocycles. The Hall–Kier alpha value is -0.880. The van der Waals surface area contributed by atoms with Crippen molar-refractivity contribution in [1.29, 1.82) is 0 Å². The topological polar surface area (TPSA) is 33.1 Å². The lowest BCUT2D eigenvalue weighted by molar-refractivity contribution is 0.366. The van der Waals surface area contributed by atoms with Crippen LogP contribution < -0.4 is 5.32 Å². The lowest BCUT2D eigenvalue weighted by Gasteiger charge is -2.20. The van der Waals surface area contributed by atoms with Gasteiger partial charge in [0.1, 0.15) is 0 Å². The van der Waals surface area contributed by atoms with Gasteiger partial charge in [0.25, 0.3) is 0 Å². The molecule has 0 radical (unpaired) electrons. The van der Waals surface area contributed by atoms with Gasteiger partial charge in [0.05, 0.1) is 29.5 Å². The molecule has 0 aliphatic rings. The van der Waals surface area contributed by atoms with E-state index in [1.165, 1.54) is 9.75 Å². The highest BCUT2D eigenvalue weighted by atomic mass is 35.5. The fourth-order valence-corrected chi connectivity index (χ4v) is 3.48. The molecule has 6 heteroatoms. The van der Waals surface area contributed by atoms with Crippen LogP contribution in [-0.2, 0) is 6.54 Å². The number of aryl methyl sites for hydroxylation is 1. The molecule has 0 saturated heterocycles. The Kier molecular flexibility index (Phi) is 5.81. The third-order valence-electron chi connectivity index (χ3n) is 3.32. The predicted octanol–water partition coefficient (Wildman–Crippen LogP) is 3.17. The average molecular weight is 327 g/mol. The lowest BCUT2D eigenvalue weighted by Crippen LogP contribution is -2.27. The van der Waals surface area contributed by atoms with Crippen LogP contribution in [0.4, 0.5) is 0 Å². The number of halogens is 1. The summed E-state index contributed by atoms with van der Waals surface area (Å²) in [5, 5.41) is 8.71. The minimum Gasteiger partial charge on any atom is -0.308 e. The van der Waals surface area contributed by atoms with Gasteiger partial charge >= 0.3 is 0 Å². The van der Waals surface area contributed by atoms with Gasteiger partial charge in [-0.3, -0.25) is 4.68 Å². The second kappa shape index (κ2) is 7.40. The van der Waals surface area contributed by atoms with Gasteiger partial charge in [0.15, 0.2) is 0 Å². The fraction of sp³-hybridized carbons (Fsp3) is 0.533. The number of nitrogens with zero attached hydrogens (tertiary/aromatic N) is 3. The van der Waals surface area contributed by atoms with Crippen LogP contribution in [0.1, 0.15) is 28.4 Å². The SMILES string of the molecule is CCNC(c1ccc(C)s1)c1c(Cl)cnn1CCN(C)C. The van der Waals surface area contributed by atoms with Crippen molar-refractivity contribution in [2.24, 2.45) is 0 Å². The van der Waals surface area contributed by atoms with E-state index in [1.807, 2.05) is 4.68 Å². The first-order chi connectivity index (χ1) is 10.0. The van der Waals surface area contributed by atoms with Gasteiger partial charge in [-0.15, -0.1) is 11.3 Å². The highest BCUT2D eigenvalue weighted by Crippen LogP contribution is 2.32. The summed E-state index contributed by atoms with van der Waals surface area (Å²) in [6, 6.07) is 4.43. The number of thiophene rings is 1. The number of nitrogens with one attached hydrogen (secondary N) is 1. The molecule has 0 fully saturated rings. The maximum atomic E-state index is 6.42. The Morgan fingerprint density at radius 3 is 2.76 bits per heavy atom. The highest BCUT2D eigenvalue weighted by Gasteiger charge is 2.22. The number of hydrogen-bond acceptors (Lipinski definition) is 4. The molecular weight excluding hydrogens is 304 g/mol. The lowest BCUT2D eigenvalue weighted by atomic mass is 10.1. The van der Waals surface area contributed by atoms with Crippen LogP contribution in [0.5, 0.6) is 0 Å². The third-order valence-corrected chi connectivity index (χ3v) is 4.68. The molecule has 2 aromatic rings. The second-order valence-electron chi connectivity index (χ2n) is 5.34. The summed E-state index contributed by atoms with van der Waals surface area (Å²) in [6.45, 7) is 6.90. The van der Waals surface area contributed by atoms with E-state index in [9.17, 15) is 0 Å². The molecule has 2 heterocycles. The quantitative estimate of drug-likeness (QED) is 0.848. The van der Waals surface area contributed by atoms with E-state index in [1.54, 1.807) is 17.5 Å². The van der Waals surface area contributed by atoms with E-state index in [0.717, 1.165) is 30.4 Å². The Labute approximate surface area is 135 Å². The predicted molar refractivity (Wildman–Crippen MR) is 90.4 cm³/mol. The van der Waals surface area contributed by atoms with Crippen LogP contribution in [0.3, 0.4) is 0 Å². The minimum atomic E-state index is 0.103. The fourth-order valence-electron chi connectivity index (χ4n) is 2.28. The van der Waals surface area contributed by atoms with Gasteiger partial charge in [-0.1, -0.05) is 18.5 Å². The van der Waals surface area contributed by atoms with Gasteiger partial charge in [0, 0.05) is 16.3 Å². The van der Waals surface area contributed by atoms with E-state index >= 15 is 0 Å². The van der Waals surface area contributed by atoms with Crippen molar-refractivity contribution >= 4 is 22.9 Å². The molecule has 0 bridgehead atoms. The summed E-state index contributed by atoms with van der Waals surface area (Å²) in [5.41, 5.74) is 1.06. The number of aromatic nitrogens is 2. The number of hydrogen-bond donors (Lipinski definition) is 1. The van der Waals surface area contributed by atoms with E-state index in [2.05, 4.69) is 55.4 Å². The minimum absolute atomic E-state index is 0.103. The summed E-state index contributed by atoms with van der Waals surface area (Å²) in [7, 11) is 4.13. The molecule has 0 spiro atoms. The number of likely N-dealkylation sites (N-methyl/N-ethyl adjacent to an activating group) is 1. The van der Waals surface area contributed by atoms with Crippen LogP contribution in [0.25, 0.3) is 0 Å². The zero-order valence-electron chi connectivity index (χ0n) is 13.1. The van der Waals surface area contributed by atoms with Crippen molar-refractivity contribution in [1.82, 2.24) is 20.0 Å². The molecule has 1 N–H and O–H groups in total. The Bertz CT molecular complexity index is 576. The van der Waals surface area contributed by atoms with E-state index < -0.39 is 0 Å². The van der Waals surface area contributed by atoms with Gasteiger partial charge in [-0.05, 0) is 39.7 Å². The largest absolute Gasteiger partial charge is 0.308 e. The summed E-state index contributed by atoms with van der Waals surface area (Å²) in [6.07, 6.45) is 1.75. The van der Waals surface area contributed by atoms with Crippen molar-refractivity contribution in [2.75, 3.05) is 27.2 Å². The van der Waals surface area contributed by atoms with Crippen LogP contribution in [0.15, 0.2) is 18.3 Å². The standard InChI is InChI=1S/C15H23ClN4S/c1-5-17-14(13-7-6-11(2)21-13)15-12(16)10-18-20(15)9-8-19(3)4/h6-7,10,14,17H,5,8-9H2,1-4H3. The van der Waals surface area contributed by atoms with Gasteiger partial charge in [-0.2, -0.15) is 5.10 Å². The van der Waals surface area contributed by atoms with Crippen LogP contribution in [0, 0.1) is 6.92 Å². The molecule has 0 amide bonds. The molecule has 0 aliphatic heterocycles. The monoisotopic (exact) mass is 326 g/mol. The van der Waals surface area contributed by atoms with E-state index in [4.69, 9.17) is 11.6 Å². The molecule has 1 atom stereocenters. The first-order valence-corrected chi connectivity index (χ1v) is 8.38. The molecule has 21 heavy (non-hydrogen) atoms. The summed E-state index contributed by atoms with van der Waals surface area (Å²) >= 11 is 8.22. The van der Waals surface area contributed by atoms with Crippen LogP contribution >= 0.6 is 22.9 Å². The average Bonchev–Trinajstić information content (AvgIpc) is 3.00. The van der Waals surface area contributed by atoms with Gasteiger partial charge in [-0.25, -0.2) is 0 Å². The summed E-state index contributed by atoms with van der Waals surface area (Å²) in [5.74, 6) is 0. The highest BCUT2D eigenvalue weighted by molar-refractivity contribution is 7.12. The maximum absolute atomic E-state index is 6.42. The molecule has 116 valence electrons. The number of rotatable bonds is 7. The Morgan fingerprint density at radius 1 is 1.43 bits per heavy atom. The van der Waals surface area contributed by atoms with Crippen molar-refractivity contribution < 1.29 is 0 Å². The van der Waals surface area contributed by atoms with Gasteiger partial charge in [0.2, 0.25) is 0 Å². The van der Waals surface area contributed by atoms with E-state index in [0.29, 0.717) is 0 Å². The van der Waals surface area contributed by atoms with E-state index in [-0.39, 0.29) is 6.04 Å². The van der Waals surface area contributed by atoms with Crippen molar-refractivity contribution in [3.63, 3.8) is 0 Å². The second-order valence-corrected chi connectivity index (χ2v) is 7.07. The smallest absolute Gasteiger partial charge is 0.0857 e. The van der Waals surface area contributed by atoms with Gasteiger partial charge < -0.3 is 10.2 Å². The van der Waals surface area contributed by atoms with Crippen molar-refractivity contribution in [3.8, 4) is 0 Å². The summed E-state index contributed by atoms with van der Waals surface area (Å²) < 4.78 is 2.02. The molecule has 0 saturated carbocycles. The molecule has 2 rings (SSSR count). The Balaban J connectivity index is 2.33. The molecular formula is C15H23ClN4S. The maximum Gasteiger partial charge on any atom is 0.0857 e. The normalized spacial score (nSPS) is 13.0. The first-order valence-electron chi connectivity index (χ1n) is 7.18. The van der Waals surface area contributed by atoms with Crippen molar-refractivity contribution in [3.05, 3.63) is 38.8 Å². The zero-order valence-corrected chi connectivity index (χ0v) is 14.6. The zero-order chi connectivity index (χ0) is 15.4. The van der Waals surface area contributed by atoms with Crippen LogP contribution in [0.2, 0.25) is 5.02 Å². The van der Waals surface area contributed by atoms with Crippen molar-refractivity contribution in [2.45, 2.75) is 26.4 Å². The molecule has 2 aromatic heterocycles. The molecule has 0 aromatic carbocycles. The summed E-state index contributed by atoms with van der Waals surface area (Å²) in [4.78, 5) is 4.74. The molecule has 4 nitrogen and oxygen atoms in total. The molecule has 1 unspecified atom stereocenters. The van der Waals surface area contributed by atoms with Crippen LogP contribution in [-0.4, -0.2) is 41.9 Å². The Morgan fingerprint density at radius 2 is 2.19 bits per heavy atom. The third kappa shape index (κ3) is 4.07.